The lowest BCUT2D eigenvalue weighted by Crippen LogP contribution is -2.09. The fourth-order valence-corrected chi connectivity index (χ4v) is 2.33. The average molecular weight is 282 g/mol. The van der Waals surface area contributed by atoms with E-state index in [-0.39, 0.29) is 5.82 Å². The second-order valence-corrected chi connectivity index (χ2v) is 4.87. The van der Waals surface area contributed by atoms with E-state index in [2.05, 4.69) is 4.98 Å². The number of benzene rings is 2. The van der Waals surface area contributed by atoms with Gasteiger partial charge in [-0.05, 0) is 43.3 Å². The van der Waals surface area contributed by atoms with Crippen LogP contribution in [0.1, 0.15) is 18.5 Å². The summed E-state index contributed by atoms with van der Waals surface area (Å²) >= 11 is 0. The Morgan fingerprint density at radius 1 is 1.05 bits per heavy atom. The van der Waals surface area contributed by atoms with Gasteiger partial charge in [0.25, 0.3) is 0 Å². The Morgan fingerprint density at radius 2 is 1.81 bits per heavy atom. The van der Waals surface area contributed by atoms with Gasteiger partial charge in [-0.1, -0.05) is 12.1 Å². The number of nitrogens with zero attached hydrogens (tertiary/aromatic N) is 1. The summed E-state index contributed by atoms with van der Waals surface area (Å²) in [5.74, 6) is 0.704. The highest BCUT2D eigenvalue weighted by molar-refractivity contribution is 5.85. The predicted molar refractivity (Wildman–Crippen MR) is 80.8 cm³/mol. The maximum absolute atomic E-state index is 13.9. The molecule has 0 amide bonds. The first-order valence-corrected chi connectivity index (χ1v) is 6.72. The van der Waals surface area contributed by atoms with Crippen molar-refractivity contribution in [3.05, 3.63) is 66.1 Å². The molecule has 3 rings (SSSR count). The number of pyridine rings is 1. The molecule has 1 aromatic heterocycles. The molecular formula is C17H15FN2O. The molecule has 0 aliphatic heterocycles. The maximum atomic E-state index is 13.9. The van der Waals surface area contributed by atoms with E-state index in [1.807, 2.05) is 30.3 Å². The summed E-state index contributed by atoms with van der Waals surface area (Å²) in [6.45, 7) is 1.73. The van der Waals surface area contributed by atoms with Crippen LogP contribution in [0.25, 0.3) is 10.9 Å². The van der Waals surface area contributed by atoms with E-state index < -0.39 is 6.04 Å². The Balaban J connectivity index is 2.09. The molecule has 0 spiro atoms. The maximum Gasteiger partial charge on any atom is 0.136 e. The molecule has 21 heavy (non-hydrogen) atoms. The van der Waals surface area contributed by atoms with Crippen molar-refractivity contribution in [1.29, 1.82) is 0 Å². The molecule has 4 heteroatoms. The van der Waals surface area contributed by atoms with Crippen molar-refractivity contribution >= 4 is 10.9 Å². The minimum absolute atomic E-state index is 0.360. The van der Waals surface area contributed by atoms with Gasteiger partial charge in [0.2, 0.25) is 0 Å². The monoisotopic (exact) mass is 282 g/mol. The zero-order valence-electron chi connectivity index (χ0n) is 11.6. The van der Waals surface area contributed by atoms with Gasteiger partial charge in [0.05, 0.1) is 5.52 Å². The molecule has 1 heterocycles. The quantitative estimate of drug-likeness (QED) is 0.783. The fourth-order valence-electron chi connectivity index (χ4n) is 2.33. The molecule has 2 N–H and O–H groups in total. The highest BCUT2D eigenvalue weighted by Gasteiger charge is 2.15. The van der Waals surface area contributed by atoms with Gasteiger partial charge < -0.3 is 10.5 Å². The number of aromatic nitrogens is 1. The summed E-state index contributed by atoms with van der Waals surface area (Å²) in [5, 5.41) is 0.875. The Kier molecular flexibility index (Phi) is 3.54. The van der Waals surface area contributed by atoms with Crippen LogP contribution >= 0.6 is 0 Å². The van der Waals surface area contributed by atoms with Crippen LogP contribution in [0.4, 0.5) is 4.39 Å². The highest BCUT2D eigenvalue weighted by atomic mass is 19.1. The van der Waals surface area contributed by atoms with E-state index in [0.717, 1.165) is 10.9 Å². The van der Waals surface area contributed by atoms with Crippen LogP contribution in [0.5, 0.6) is 11.5 Å². The Morgan fingerprint density at radius 3 is 2.62 bits per heavy atom. The first-order valence-electron chi connectivity index (χ1n) is 6.72. The standard InChI is InChI=1S/C17H15FN2O/c1-11(19)17-13(18)6-2-9-16(17)21-15-8-3-7-14-12(15)5-4-10-20-14/h2-11H,19H2,1H3. The van der Waals surface area contributed by atoms with Crippen LogP contribution in [0, 0.1) is 5.82 Å². The average Bonchev–Trinajstić information content (AvgIpc) is 2.47. The molecular weight excluding hydrogens is 267 g/mol. The largest absolute Gasteiger partial charge is 0.456 e. The van der Waals surface area contributed by atoms with Crippen molar-refractivity contribution < 1.29 is 9.13 Å². The van der Waals surface area contributed by atoms with Gasteiger partial charge in [-0.25, -0.2) is 4.39 Å². The van der Waals surface area contributed by atoms with E-state index in [9.17, 15) is 4.39 Å². The first-order chi connectivity index (χ1) is 10.2. The van der Waals surface area contributed by atoms with E-state index in [4.69, 9.17) is 10.5 Å². The Hall–Kier alpha value is -2.46. The van der Waals surface area contributed by atoms with E-state index in [1.54, 1.807) is 25.3 Å². The van der Waals surface area contributed by atoms with Gasteiger partial charge in [0.15, 0.2) is 0 Å². The number of nitrogens with two attached hydrogens (primary N) is 1. The van der Waals surface area contributed by atoms with Crippen LogP contribution in [-0.4, -0.2) is 4.98 Å². The van der Waals surface area contributed by atoms with Crippen molar-refractivity contribution in [3.8, 4) is 11.5 Å². The molecule has 0 radical (unpaired) electrons. The van der Waals surface area contributed by atoms with Gasteiger partial charge in [-0.3, -0.25) is 4.98 Å². The molecule has 3 aromatic rings. The molecule has 106 valence electrons. The number of ether oxygens (including phenoxy) is 1. The van der Waals surface area contributed by atoms with Crippen LogP contribution in [-0.2, 0) is 0 Å². The second-order valence-electron chi connectivity index (χ2n) is 4.87. The third-order valence-corrected chi connectivity index (χ3v) is 3.29. The predicted octanol–water partition coefficient (Wildman–Crippen LogP) is 4.19. The molecule has 0 aliphatic carbocycles. The van der Waals surface area contributed by atoms with E-state index in [0.29, 0.717) is 17.1 Å². The molecule has 1 atom stereocenters. The van der Waals surface area contributed by atoms with Crippen LogP contribution in [0.3, 0.4) is 0 Å². The number of hydrogen-bond acceptors (Lipinski definition) is 3. The topological polar surface area (TPSA) is 48.1 Å². The summed E-state index contributed by atoms with van der Waals surface area (Å²) in [5.41, 5.74) is 7.05. The second kappa shape index (κ2) is 5.50. The zero-order chi connectivity index (χ0) is 14.8. The van der Waals surface area contributed by atoms with Crippen molar-refractivity contribution in [1.82, 2.24) is 4.98 Å². The van der Waals surface area contributed by atoms with Crippen LogP contribution < -0.4 is 10.5 Å². The summed E-state index contributed by atoms with van der Waals surface area (Å²) in [7, 11) is 0. The van der Waals surface area contributed by atoms with Crippen molar-refractivity contribution in [2.75, 3.05) is 0 Å². The number of halogens is 1. The lowest BCUT2D eigenvalue weighted by atomic mass is 10.1. The molecule has 0 saturated heterocycles. The molecule has 0 aliphatic rings. The smallest absolute Gasteiger partial charge is 0.136 e. The third-order valence-electron chi connectivity index (χ3n) is 3.29. The SMILES string of the molecule is CC(N)c1c(F)cccc1Oc1cccc2ncccc12. The normalized spacial score (nSPS) is 12.3. The molecule has 0 fully saturated rings. The van der Waals surface area contributed by atoms with Gasteiger partial charge in [-0.15, -0.1) is 0 Å². The van der Waals surface area contributed by atoms with Gasteiger partial charge >= 0.3 is 0 Å². The minimum Gasteiger partial charge on any atom is -0.456 e. The molecule has 1 unspecified atom stereocenters. The third kappa shape index (κ3) is 2.58. The van der Waals surface area contributed by atoms with Crippen molar-refractivity contribution in [2.45, 2.75) is 13.0 Å². The zero-order valence-corrected chi connectivity index (χ0v) is 11.6. The fraction of sp³-hybridized carbons (Fsp3) is 0.118. The van der Waals surface area contributed by atoms with Crippen LogP contribution in [0.2, 0.25) is 0 Å². The van der Waals surface area contributed by atoms with Gasteiger partial charge in [0.1, 0.15) is 17.3 Å². The van der Waals surface area contributed by atoms with Gasteiger partial charge in [0, 0.05) is 23.2 Å². The highest BCUT2D eigenvalue weighted by Crippen LogP contribution is 2.33. The Labute approximate surface area is 122 Å². The van der Waals surface area contributed by atoms with E-state index >= 15 is 0 Å². The van der Waals surface area contributed by atoms with Gasteiger partial charge in [-0.2, -0.15) is 0 Å². The van der Waals surface area contributed by atoms with Crippen LogP contribution in [0.15, 0.2) is 54.7 Å². The number of rotatable bonds is 3. The summed E-state index contributed by atoms with van der Waals surface area (Å²) in [4.78, 5) is 4.28. The summed E-state index contributed by atoms with van der Waals surface area (Å²) in [6.07, 6.45) is 1.72. The lowest BCUT2D eigenvalue weighted by Gasteiger charge is -2.15. The molecule has 3 nitrogen and oxygen atoms in total. The lowest BCUT2D eigenvalue weighted by molar-refractivity contribution is 0.465. The van der Waals surface area contributed by atoms with E-state index in [1.165, 1.54) is 6.07 Å². The number of hydrogen-bond donors (Lipinski definition) is 1. The first kappa shape index (κ1) is 13.5. The minimum atomic E-state index is -0.450. The number of fused-ring (bicyclic) bond motifs is 1. The van der Waals surface area contributed by atoms with Crippen molar-refractivity contribution in [3.63, 3.8) is 0 Å². The molecule has 0 saturated carbocycles. The summed E-state index contributed by atoms with van der Waals surface area (Å²) in [6, 6.07) is 13.6. The Bertz CT molecular complexity index is 781. The summed E-state index contributed by atoms with van der Waals surface area (Å²) < 4.78 is 19.9. The molecule has 0 bridgehead atoms. The molecule has 2 aromatic carbocycles. The van der Waals surface area contributed by atoms with Crippen molar-refractivity contribution in [2.24, 2.45) is 5.73 Å².